The van der Waals surface area contributed by atoms with E-state index in [-0.39, 0.29) is 0 Å². The molecule has 80 valence electrons. The summed E-state index contributed by atoms with van der Waals surface area (Å²) in [5.74, 6) is 0. The van der Waals surface area contributed by atoms with Gasteiger partial charge >= 0.3 is 0 Å². The number of benzene rings is 1. The summed E-state index contributed by atoms with van der Waals surface area (Å²) in [6.07, 6.45) is 0. The molecule has 1 rings (SSSR count). The summed E-state index contributed by atoms with van der Waals surface area (Å²) < 4.78 is 0. The zero-order valence-electron chi connectivity index (χ0n) is 8.53. The smallest absolute Gasteiger partial charge is 0.0856 e. The Bertz CT molecular complexity index is 388. The lowest BCUT2D eigenvalue weighted by atomic mass is 10.2. The van der Waals surface area contributed by atoms with E-state index < -0.39 is 0 Å². The van der Waals surface area contributed by atoms with Gasteiger partial charge in [-0.2, -0.15) is 0 Å². The molecule has 0 bridgehead atoms. The van der Waals surface area contributed by atoms with Crippen molar-refractivity contribution in [2.24, 2.45) is 10.7 Å². The minimum Gasteiger partial charge on any atom is -0.325 e. The van der Waals surface area contributed by atoms with Crippen molar-refractivity contribution in [3.63, 3.8) is 0 Å². The second-order valence-electron chi connectivity index (χ2n) is 2.86. The first-order valence-corrected chi connectivity index (χ1v) is 5.65. The zero-order valence-corrected chi connectivity index (χ0v) is 10.1. The number of hydrogen-bond acceptors (Lipinski definition) is 3. The first-order valence-electron chi connectivity index (χ1n) is 4.45. The van der Waals surface area contributed by atoms with E-state index in [2.05, 4.69) is 11.6 Å². The van der Waals surface area contributed by atoms with Gasteiger partial charge < -0.3 is 5.73 Å². The van der Waals surface area contributed by atoms with Gasteiger partial charge in [0, 0.05) is 23.5 Å². The van der Waals surface area contributed by atoms with E-state index in [4.69, 9.17) is 17.3 Å². The maximum absolute atomic E-state index is 5.89. The molecule has 0 unspecified atom stereocenters. The molecule has 0 heterocycles. The van der Waals surface area contributed by atoms with Crippen LogP contribution in [0, 0.1) is 0 Å². The van der Waals surface area contributed by atoms with Crippen LogP contribution < -0.4 is 5.73 Å². The number of halogens is 1. The quantitative estimate of drug-likeness (QED) is 0.652. The molecule has 4 heteroatoms. The summed E-state index contributed by atoms with van der Waals surface area (Å²) in [4.78, 5) is 4.96. The fraction of sp³-hybridized carbons (Fsp3) is 0.182. The van der Waals surface area contributed by atoms with Crippen LogP contribution in [0.5, 0.6) is 0 Å². The summed E-state index contributed by atoms with van der Waals surface area (Å²) >= 11 is 7.37. The van der Waals surface area contributed by atoms with Crippen LogP contribution in [-0.2, 0) is 0 Å². The number of nitrogens with two attached hydrogens (primary N) is 1. The number of nitrogens with zero attached hydrogens (tertiary/aromatic N) is 1. The Hall–Kier alpha value is -0.770. The predicted molar refractivity (Wildman–Crippen MR) is 70.5 cm³/mol. The average Bonchev–Trinajstić information content (AvgIpc) is 2.25. The third-order valence-corrected chi connectivity index (χ3v) is 3.11. The van der Waals surface area contributed by atoms with Gasteiger partial charge in [-0.25, -0.2) is 0 Å². The van der Waals surface area contributed by atoms with Crippen molar-refractivity contribution in [3.8, 4) is 0 Å². The van der Waals surface area contributed by atoms with Gasteiger partial charge in [-0.3, -0.25) is 4.99 Å². The SMILES string of the molecule is C=C(SC(CN)=NC)c1cccc(Cl)c1. The van der Waals surface area contributed by atoms with Crippen LogP contribution in [0.25, 0.3) is 4.91 Å². The molecule has 0 aliphatic carbocycles. The van der Waals surface area contributed by atoms with Crippen molar-refractivity contribution < 1.29 is 0 Å². The van der Waals surface area contributed by atoms with Crippen LogP contribution in [0.1, 0.15) is 5.56 Å². The van der Waals surface area contributed by atoms with Gasteiger partial charge in [0.2, 0.25) is 0 Å². The number of rotatable bonds is 3. The van der Waals surface area contributed by atoms with Gasteiger partial charge in [0.05, 0.1) is 5.04 Å². The van der Waals surface area contributed by atoms with E-state index in [0.29, 0.717) is 11.6 Å². The first kappa shape index (κ1) is 12.3. The van der Waals surface area contributed by atoms with E-state index >= 15 is 0 Å². The second kappa shape index (κ2) is 5.95. The van der Waals surface area contributed by atoms with Crippen molar-refractivity contribution in [2.45, 2.75) is 0 Å². The molecule has 0 aliphatic heterocycles. The Morgan fingerprint density at radius 3 is 2.87 bits per heavy atom. The van der Waals surface area contributed by atoms with Gasteiger partial charge in [0.25, 0.3) is 0 Å². The van der Waals surface area contributed by atoms with Crippen LogP contribution in [0.4, 0.5) is 0 Å². The highest BCUT2D eigenvalue weighted by Gasteiger charge is 2.04. The van der Waals surface area contributed by atoms with E-state index in [0.717, 1.165) is 15.5 Å². The van der Waals surface area contributed by atoms with E-state index in [1.165, 1.54) is 11.8 Å². The van der Waals surface area contributed by atoms with Gasteiger partial charge in [-0.05, 0) is 17.7 Å². The standard InChI is InChI=1S/C11H13ClN2S/c1-8(15-11(7-13)14-2)9-4-3-5-10(12)6-9/h3-6H,1,7,13H2,2H3. The molecule has 15 heavy (non-hydrogen) atoms. The number of aliphatic imine (C=N–C) groups is 1. The van der Waals surface area contributed by atoms with Crippen LogP contribution in [0.2, 0.25) is 5.02 Å². The molecule has 0 aliphatic rings. The highest BCUT2D eigenvalue weighted by atomic mass is 35.5. The van der Waals surface area contributed by atoms with Gasteiger partial charge in [-0.15, -0.1) is 0 Å². The van der Waals surface area contributed by atoms with Gasteiger partial charge in [0.15, 0.2) is 0 Å². The fourth-order valence-corrected chi connectivity index (χ4v) is 1.94. The molecule has 0 fully saturated rings. The highest BCUT2D eigenvalue weighted by Crippen LogP contribution is 2.27. The largest absolute Gasteiger partial charge is 0.325 e. The van der Waals surface area contributed by atoms with Crippen molar-refractivity contribution in [2.75, 3.05) is 13.6 Å². The van der Waals surface area contributed by atoms with E-state index in [1.807, 2.05) is 24.3 Å². The molecule has 0 saturated carbocycles. The first-order chi connectivity index (χ1) is 7.17. The molecule has 0 saturated heterocycles. The summed E-state index contributed by atoms with van der Waals surface area (Å²) in [6.45, 7) is 4.40. The lowest BCUT2D eigenvalue weighted by Gasteiger charge is -2.06. The average molecular weight is 241 g/mol. The molecular weight excluding hydrogens is 228 g/mol. The molecule has 0 spiro atoms. The van der Waals surface area contributed by atoms with E-state index in [9.17, 15) is 0 Å². The summed E-state index contributed by atoms with van der Waals surface area (Å²) in [7, 11) is 1.72. The molecule has 2 nitrogen and oxygen atoms in total. The van der Waals surface area contributed by atoms with Crippen LogP contribution in [-0.4, -0.2) is 18.6 Å². The summed E-state index contributed by atoms with van der Waals surface area (Å²) in [5, 5.41) is 1.57. The third-order valence-electron chi connectivity index (χ3n) is 1.81. The van der Waals surface area contributed by atoms with Crippen LogP contribution >= 0.6 is 23.4 Å². The normalized spacial score (nSPS) is 11.5. The molecule has 0 radical (unpaired) electrons. The predicted octanol–water partition coefficient (Wildman–Crippen LogP) is 3.03. The monoisotopic (exact) mass is 240 g/mol. The molecule has 0 aromatic heterocycles. The molecule has 0 atom stereocenters. The second-order valence-corrected chi connectivity index (χ2v) is 4.46. The zero-order chi connectivity index (χ0) is 11.3. The fourth-order valence-electron chi connectivity index (χ4n) is 1.04. The van der Waals surface area contributed by atoms with Crippen molar-refractivity contribution in [1.29, 1.82) is 0 Å². The molecule has 1 aromatic carbocycles. The number of thioether (sulfide) groups is 1. The Balaban J connectivity index is 2.77. The van der Waals surface area contributed by atoms with Crippen LogP contribution in [0.3, 0.4) is 0 Å². The maximum Gasteiger partial charge on any atom is 0.0856 e. The van der Waals surface area contributed by atoms with Crippen molar-refractivity contribution >= 4 is 33.3 Å². The van der Waals surface area contributed by atoms with Crippen molar-refractivity contribution in [3.05, 3.63) is 41.4 Å². The molecule has 0 amide bonds. The minimum atomic E-state index is 0.431. The Morgan fingerprint density at radius 1 is 1.60 bits per heavy atom. The summed E-state index contributed by atoms with van der Waals surface area (Å²) in [5.41, 5.74) is 6.52. The Kier molecular flexibility index (Phi) is 4.88. The highest BCUT2D eigenvalue weighted by molar-refractivity contribution is 8.21. The Labute approximate surface area is 99.2 Å². The van der Waals surface area contributed by atoms with Crippen molar-refractivity contribution in [1.82, 2.24) is 0 Å². The Morgan fingerprint density at radius 2 is 2.33 bits per heavy atom. The topological polar surface area (TPSA) is 38.4 Å². The third kappa shape index (κ3) is 3.70. The van der Waals surface area contributed by atoms with E-state index in [1.54, 1.807) is 7.05 Å². The lowest BCUT2D eigenvalue weighted by Crippen LogP contribution is -2.09. The van der Waals surface area contributed by atoms with Gasteiger partial charge in [-0.1, -0.05) is 42.1 Å². The minimum absolute atomic E-state index is 0.431. The lowest BCUT2D eigenvalue weighted by molar-refractivity contribution is 1.30. The molecular formula is C11H13ClN2S. The van der Waals surface area contributed by atoms with Crippen LogP contribution in [0.15, 0.2) is 35.8 Å². The molecule has 1 aromatic rings. The van der Waals surface area contributed by atoms with Gasteiger partial charge in [0.1, 0.15) is 0 Å². The maximum atomic E-state index is 5.89. The molecule has 2 N–H and O–H groups in total. The number of hydrogen-bond donors (Lipinski definition) is 1. The summed E-state index contributed by atoms with van der Waals surface area (Å²) in [6, 6.07) is 7.57.